The quantitative estimate of drug-likeness (QED) is 0.719. The lowest BCUT2D eigenvalue weighted by Gasteiger charge is -2.17. The molecule has 0 bridgehead atoms. The van der Waals surface area contributed by atoms with Gasteiger partial charge in [0.05, 0.1) is 11.4 Å². The summed E-state index contributed by atoms with van der Waals surface area (Å²) in [4.78, 5) is 25.9. The normalized spacial score (nSPS) is 11.3. The number of sulfonamides is 1. The van der Waals surface area contributed by atoms with Crippen LogP contribution < -0.4 is 5.32 Å². The van der Waals surface area contributed by atoms with Crippen LogP contribution in [0.3, 0.4) is 0 Å². The highest BCUT2D eigenvalue weighted by molar-refractivity contribution is 8.13. The van der Waals surface area contributed by atoms with Crippen LogP contribution in [0.15, 0.2) is 58.3 Å². The highest BCUT2D eigenvalue weighted by atomic mass is 32.2. The first-order valence-electron chi connectivity index (χ1n) is 8.10. The lowest BCUT2D eigenvalue weighted by Crippen LogP contribution is -2.34. The third kappa shape index (κ3) is 5.78. The highest BCUT2D eigenvalue weighted by Crippen LogP contribution is 2.22. The summed E-state index contributed by atoms with van der Waals surface area (Å²) in [5.41, 5.74) is 0.472. The van der Waals surface area contributed by atoms with Gasteiger partial charge in [0, 0.05) is 31.7 Å². The number of rotatable bonds is 6. The molecule has 0 aliphatic carbocycles. The van der Waals surface area contributed by atoms with E-state index in [1.54, 1.807) is 38.4 Å². The van der Waals surface area contributed by atoms with Gasteiger partial charge in [0.25, 0.3) is 5.24 Å². The molecule has 0 saturated heterocycles. The number of hydrogen-bond donors (Lipinski definition) is 1. The minimum atomic E-state index is -3.91. The predicted octanol–water partition coefficient (Wildman–Crippen LogP) is 2.86. The van der Waals surface area contributed by atoms with E-state index in [4.69, 9.17) is 0 Å². The Morgan fingerprint density at radius 1 is 1.00 bits per heavy atom. The van der Waals surface area contributed by atoms with Crippen LogP contribution >= 0.6 is 11.8 Å². The van der Waals surface area contributed by atoms with Crippen molar-refractivity contribution in [3.8, 4) is 0 Å². The zero-order valence-electron chi connectivity index (χ0n) is 15.5. The van der Waals surface area contributed by atoms with Crippen molar-refractivity contribution in [2.45, 2.75) is 9.79 Å². The van der Waals surface area contributed by atoms with Crippen LogP contribution in [-0.4, -0.2) is 56.5 Å². The number of benzene rings is 2. The fraction of sp³-hybridized carbons (Fsp3) is 0.222. The number of carbonyl (C=O) groups excluding carboxylic acids is 2. The molecule has 150 valence electrons. The number of hydrogen-bond acceptors (Lipinski definition) is 5. The highest BCUT2D eigenvalue weighted by Gasteiger charge is 2.23. The second-order valence-corrected chi connectivity index (χ2v) is 9.12. The molecule has 2 rings (SSSR count). The maximum atomic E-state index is 13.0. The zero-order chi connectivity index (χ0) is 20.9. The van der Waals surface area contributed by atoms with E-state index in [2.05, 4.69) is 5.32 Å². The Bertz CT molecular complexity index is 946. The molecular weight excluding hydrogens is 405 g/mol. The second kappa shape index (κ2) is 9.18. The van der Waals surface area contributed by atoms with Crippen LogP contribution in [0, 0.1) is 5.82 Å². The molecule has 0 unspecified atom stereocenters. The van der Waals surface area contributed by atoms with Gasteiger partial charge in [-0.3, -0.25) is 9.59 Å². The molecule has 0 fully saturated rings. The number of likely N-dealkylation sites (N-methyl/N-ethyl adjacent to an activating group) is 1. The Balaban J connectivity index is 1.97. The molecule has 0 aliphatic heterocycles. The van der Waals surface area contributed by atoms with Crippen molar-refractivity contribution in [2.75, 3.05) is 33.0 Å². The number of nitrogens with zero attached hydrogens (tertiary/aromatic N) is 2. The molecule has 2 aromatic carbocycles. The van der Waals surface area contributed by atoms with Gasteiger partial charge in [0.1, 0.15) is 5.82 Å². The van der Waals surface area contributed by atoms with Crippen molar-refractivity contribution >= 4 is 38.6 Å². The Kier molecular flexibility index (Phi) is 7.17. The van der Waals surface area contributed by atoms with Crippen molar-refractivity contribution in [3.05, 3.63) is 54.3 Å². The summed E-state index contributed by atoms with van der Waals surface area (Å²) in [5, 5.41) is 2.48. The van der Waals surface area contributed by atoms with Gasteiger partial charge in [-0.05, 0) is 60.3 Å². The molecule has 0 atom stereocenters. The first-order chi connectivity index (χ1) is 13.1. The van der Waals surface area contributed by atoms with Gasteiger partial charge >= 0.3 is 0 Å². The maximum Gasteiger partial charge on any atom is 0.285 e. The van der Waals surface area contributed by atoms with Crippen LogP contribution in [0.2, 0.25) is 0 Å². The first-order valence-corrected chi connectivity index (χ1v) is 10.4. The molecule has 28 heavy (non-hydrogen) atoms. The average molecular weight is 426 g/mol. The van der Waals surface area contributed by atoms with Gasteiger partial charge in [-0.15, -0.1) is 0 Å². The minimum absolute atomic E-state index is 0.101. The van der Waals surface area contributed by atoms with Crippen LogP contribution in [0.25, 0.3) is 0 Å². The van der Waals surface area contributed by atoms with Crippen molar-refractivity contribution < 1.29 is 22.4 Å². The second-order valence-electron chi connectivity index (χ2n) is 6.05. The van der Waals surface area contributed by atoms with Crippen molar-refractivity contribution in [1.29, 1.82) is 0 Å². The molecule has 1 N–H and O–H groups in total. The topological polar surface area (TPSA) is 86.8 Å². The van der Waals surface area contributed by atoms with Crippen molar-refractivity contribution in [3.63, 3.8) is 0 Å². The molecule has 0 saturated carbocycles. The molecular formula is C18H20FN3O4S2. The van der Waals surface area contributed by atoms with Crippen molar-refractivity contribution in [1.82, 2.24) is 9.21 Å². The average Bonchev–Trinajstić information content (AvgIpc) is 2.63. The summed E-state index contributed by atoms with van der Waals surface area (Å²) in [6, 6.07) is 11.0. The van der Waals surface area contributed by atoms with Crippen LogP contribution in [0.1, 0.15) is 0 Å². The fourth-order valence-corrected chi connectivity index (χ4v) is 3.86. The molecule has 7 nitrogen and oxygen atoms in total. The first kappa shape index (κ1) is 21.9. The largest absolute Gasteiger partial charge is 0.339 e. The van der Waals surface area contributed by atoms with E-state index in [1.165, 1.54) is 11.9 Å². The summed E-state index contributed by atoms with van der Waals surface area (Å²) in [7, 11) is 0.664. The standard InChI is InChI=1S/C18H20FN3O4S2/c1-21(2)18(24)27-15-8-6-14(7-9-15)20-17(23)12-22(3)28(25,26)16-10-4-13(19)5-11-16/h4-11H,12H2,1-3H3,(H,20,23). The third-order valence-electron chi connectivity index (χ3n) is 3.60. The Labute approximate surface area is 167 Å². The molecule has 0 heterocycles. The molecule has 0 spiro atoms. The Hall–Kier alpha value is -2.43. The van der Waals surface area contributed by atoms with Gasteiger partial charge in [0.2, 0.25) is 15.9 Å². The monoisotopic (exact) mass is 425 g/mol. The Morgan fingerprint density at radius 2 is 1.57 bits per heavy atom. The third-order valence-corrected chi connectivity index (χ3v) is 6.46. The number of halogens is 1. The van der Waals surface area contributed by atoms with E-state index in [0.717, 1.165) is 40.3 Å². The zero-order valence-corrected chi connectivity index (χ0v) is 17.2. The maximum absolute atomic E-state index is 13.0. The lowest BCUT2D eigenvalue weighted by atomic mass is 10.3. The fourth-order valence-electron chi connectivity index (χ4n) is 2.07. The molecule has 0 aromatic heterocycles. The summed E-state index contributed by atoms with van der Waals surface area (Å²) in [6.07, 6.45) is 0. The van der Waals surface area contributed by atoms with Gasteiger partial charge in [0.15, 0.2) is 0 Å². The smallest absolute Gasteiger partial charge is 0.285 e. The molecule has 0 radical (unpaired) electrons. The van der Waals surface area contributed by atoms with Crippen LogP contribution in [0.4, 0.5) is 14.9 Å². The van der Waals surface area contributed by atoms with Crippen LogP contribution in [-0.2, 0) is 14.8 Å². The SMILES string of the molecule is CN(C)C(=O)Sc1ccc(NC(=O)CN(C)S(=O)(=O)c2ccc(F)cc2)cc1. The molecule has 2 amide bonds. The summed E-state index contributed by atoms with van der Waals surface area (Å²) in [6.45, 7) is -0.407. The van der Waals surface area contributed by atoms with Gasteiger partial charge in [-0.25, -0.2) is 12.8 Å². The summed E-state index contributed by atoms with van der Waals surface area (Å²) < 4.78 is 38.7. The summed E-state index contributed by atoms with van der Waals surface area (Å²) in [5.74, 6) is -1.08. The van der Waals surface area contributed by atoms with E-state index in [-0.39, 0.29) is 10.1 Å². The van der Waals surface area contributed by atoms with Gasteiger partial charge < -0.3 is 10.2 Å². The minimum Gasteiger partial charge on any atom is -0.339 e. The number of carbonyl (C=O) groups is 2. The van der Waals surface area contributed by atoms with E-state index in [0.29, 0.717) is 10.6 Å². The molecule has 0 aliphatic rings. The van der Waals surface area contributed by atoms with E-state index in [1.807, 2.05) is 0 Å². The molecule has 10 heteroatoms. The lowest BCUT2D eigenvalue weighted by molar-refractivity contribution is -0.116. The number of amides is 2. The van der Waals surface area contributed by atoms with Gasteiger partial charge in [-0.1, -0.05) is 0 Å². The van der Waals surface area contributed by atoms with E-state index >= 15 is 0 Å². The Morgan fingerprint density at radius 3 is 2.11 bits per heavy atom. The predicted molar refractivity (Wildman–Crippen MR) is 106 cm³/mol. The number of thioether (sulfide) groups is 1. The number of anilines is 1. The van der Waals surface area contributed by atoms with Crippen LogP contribution in [0.5, 0.6) is 0 Å². The van der Waals surface area contributed by atoms with Crippen molar-refractivity contribution in [2.24, 2.45) is 0 Å². The molecule has 2 aromatic rings. The van der Waals surface area contributed by atoms with E-state index in [9.17, 15) is 22.4 Å². The van der Waals surface area contributed by atoms with E-state index < -0.39 is 28.3 Å². The van der Waals surface area contributed by atoms with Gasteiger partial charge in [-0.2, -0.15) is 4.31 Å². The summed E-state index contributed by atoms with van der Waals surface area (Å²) >= 11 is 1.05. The number of nitrogens with one attached hydrogen (secondary N) is 1.